The number of nitrogens with one attached hydrogen (secondary N) is 1. The van der Waals surface area contributed by atoms with E-state index in [2.05, 4.69) is 30.3 Å². The second kappa shape index (κ2) is 8.52. The van der Waals surface area contributed by atoms with Crippen LogP contribution in [0.5, 0.6) is 0 Å². The number of fused-ring (bicyclic) bond motifs is 1. The van der Waals surface area contributed by atoms with Gasteiger partial charge in [-0.15, -0.1) is 0 Å². The van der Waals surface area contributed by atoms with E-state index in [1.54, 1.807) is 12.1 Å². The van der Waals surface area contributed by atoms with Crippen molar-refractivity contribution < 1.29 is 18.3 Å². The maximum Gasteiger partial charge on any atom is 0.303 e. The first-order chi connectivity index (χ1) is 13.4. The van der Waals surface area contributed by atoms with Crippen LogP contribution in [0.1, 0.15) is 25.0 Å². The minimum Gasteiger partial charge on any atom is -0.481 e. The van der Waals surface area contributed by atoms with E-state index in [-0.39, 0.29) is 33.4 Å². The van der Waals surface area contributed by atoms with Gasteiger partial charge in [0.05, 0.1) is 17.4 Å². The molecule has 0 atom stereocenters. The van der Waals surface area contributed by atoms with Gasteiger partial charge in [-0.1, -0.05) is 23.6 Å². The van der Waals surface area contributed by atoms with Crippen LogP contribution in [0.15, 0.2) is 35.2 Å². The number of benzene rings is 1. The fourth-order valence-corrected chi connectivity index (χ4v) is 4.27. The summed E-state index contributed by atoms with van der Waals surface area (Å²) in [6, 6.07) is 7.61. The molecule has 3 rings (SSSR count). The number of nitrogens with zero attached hydrogens (tertiary/aromatic N) is 3. The minimum absolute atomic E-state index is 0.00280. The number of aliphatic carboxylic acids is 1. The average molecular weight is 437 g/mol. The molecule has 0 aliphatic heterocycles. The Kier molecular flexibility index (Phi) is 6.08. The Morgan fingerprint density at radius 2 is 2.07 bits per heavy atom. The SMILES string of the molecule is O=C(O)CCCC#Cc1nc(Cl)ccc1NS(=O)(=O)c1cccc2nsnc12. The number of hydrogen-bond donors (Lipinski definition) is 2. The van der Waals surface area contributed by atoms with Crippen molar-refractivity contribution in [1.82, 2.24) is 13.7 Å². The maximum absolute atomic E-state index is 12.9. The topological polar surface area (TPSA) is 122 Å². The third-order valence-electron chi connectivity index (χ3n) is 3.54. The number of sulfonamides is 1. The van der Waals surface area contributed by atoms with E-state index < -0.39 is 16.0 Å². The Balaban J connectivity index is 1.89. The van der Waals surface area contributed by atoms with Gasteiger partial charge < -0.3 is 5.11 Å². The highest BCUT2D eigenvalue weighted by Gasteiger charge is 2.21. The lowest BCUT2D eigenvalue weighted by Crippen LogP contribution is -2.14. The highest BCUT2D eigenvalue weighted by Crippen LogP contribution is 2.25. The zero-order valence-electron chi connectivity index (χ0n) is 14.2. The van der Waals surface area contributed by atoms with Gasteiger partial charge in [0.25, 0.3) is 10.0 Å². The summed E-state index contributed by atoms with van der Waals surface area (Å²) in [6.07, 6.45) is 0.710. The molecule has 2 aromatic heterocycles. The normalized spacial score (nSPS) is 11.0. The molecule has 144 valence electrons. The molecule has 8 nitrogen and oxygen atoms in total. The first-order valence-corrected chi connectivity index (χ1v) is 10.6. The number of carboxylic acids is 1. The van der Waals surface area contributed by atoms with E-state index in [0.29, 0.717) is 18.4 Å². The van der Waals surface area contributed by atoms with E-state index in [4.69, 9.17) is 16.7 Å². The second-order valence-electron chi connectivity index (χ2n) is 5.57. The lowest BCUT2D eigenvalue weighted by molar-refractivity contribution is -0.137. The molecule has 0 fully saturated rings. The van der Waals surface area contributed by atoms with Crippen molar-refractivity contribution in [2.75, 3.05) is 4.72 Å². The standard InChI is InChI=1S/C17H13ClN4O4S2/c18-15-10-9-12(11(19-15)5-2-1-3-8-16(23)24)22-28(25,26)14-7-4-6-13-17(14)21-27-20-13/h4,6-7,9-10,22H,1,3,8H2,(H,23,24). The Hall–Kier alpha value is -2.74. The summed E-state index contributed by atoms with van der Waals surface area (Å²) >= 11 is 6.83. The summed E-state index contributed by atoms with van der Waals surface area (Å²) in [5, 5.41) is 8.80. The quantitative estimate of drug-likeness (QED) is 0.345. The lowest BCUT2D eigenvalue weighted by Gasteiger charge is -2.10. The minimum atomic E-state index is -3.97. The number of carbonyl (C=O) groups is 1. The molecule has 0 aliphatic rings. The number of pyridine rings is 1. The van der Waals surface area contributed by atoms with E-state index in [1.807, 2.05) is 0 Å². The van der Waals surface area contributed by atoms with Gasteiger partial charge >= 0.3 is 5.97 Å². The van der Waals surface area contributed by atoms with Crippen LogP contribution in [-0.4, -0.2) is 33.2 Å². The molecule has 2 heterocycles. The van der Waals surface area contributed by atoms with Gasteiger partial charge in [0, 0.05) is 12.8 Å². The summed E-state index contributed by atoms with van der Waals surface area (Å²) in [5.74, 6) is 4.63. The molecular weight excluding hydrogens is 424 g/mol. The van der Waals surface area contributed by atoms with E-state index in [0.717, 1.165) is 11.7 Å². The molecule has 28 heavy (non-hydrogen) atoms. The van der Waals surface area contributed by atoms with E-state index in [1.165, 1.54) is 18.2 Å². The van der Waals surface area contributed by atoms with Gasteiger partial charge in [-0.2, -0.15) is 8.75 Å². The van der Waals surface area contributed by atoms with Gasteiger partial charge in [0.2, 0.25) is 0 Å². The fraction of sp³-hybridized carbons (Fsp3) is 0.176. The van der Waals surface area contributed by atoms with Crippen LogP contribution < -0.4 is 4.72 Å². The zero-order valence-corrected chi connectivity index (χ0v) is 16.6. The van der Waals surface area contributed by atoms with Crippen molar-refractivity contribution in [3.05, 3.63) is 41.2 Å². The molecule has 0 radical (unpaired) electrons. The number of hydrogen-bond acceptors (Lipinski definition) is 7. The number of halogens is 1. The molecule has 3 aromatic rings. The summed E-state index contributed by atoms with van der Waals surface area (Å²) in [4.78, 5) is 14.6. The van der Waals surface area contributed by atoms with Crippen LogP contribution in [0, 0.1) is 11.8 Å². The van der Waals surface area contributed by atoms with Crippen LogP contribution in [0.2, 0.25) is 5.15 Å². The van der Waals surface area contributed by atoms with Crippen molar-refractivity contribution >= 4 is 56.0 Å². The van der Waals surface area contributed by atoms with E-state index >= 15 is 0 Å². The summed E-state index contributed by atoms with van der Waals surface area (Å²) in [7, 11) is -3.97. The zero-order chi connectivity index (χ0) is 20.1. The van der Waals surface area contributed by atoms with Crippen molar-refractivity contribution in [2.45, 2.75) is 24.2 Å². The number of unbranched alkanes of at least 4 members (excludes halogenated alkanes) is 1. The molecule has 0 unspecified atom stereocenters. The van der Waals surface area contributed by atoms with Crippen molar-refractivity contribution in [2.24, 2.45) is 0 Å². The van der Waals surface area contributed by atoms with Crippen molar-refractivity contribution in [3.63, 3.8) is 0 Å². The molecule has 0 spiro atoms. The highest BCUT2D eigenvalue weighted by molar-refractivity contribution is 7.93. The Labute approximate surface area is 170 Å². The van der Waals surface area contributed by atoms with Gasteiger partial charge in [0.15, 0.2) is 0 Å². The van der Waals surface area contributed by atoms with Gasteiger partial charge in [0.1, 0.15) is 26.8 Å². The van der Waals surface area contributed by atoms with Gasteiger partial charge in [-0.25, -0.2) is 13.4 Å². The summed E-state index contributed by atoms with van der Waals surface area (Å²) < 4.78 is 36.3. The second-order valence-corrected chi connectivity index (χ2v) is 8.14. The molecule has 0 bridgehead atoms. The smallest absolute Gasteiger partial charge is 0.303 e. The van der Waals surface area contributed by atoms with Crippen LogP contribution in [0.25, 0.3) is 11.0 Å². The Morgan fingerprint density at radius 3 is 2.86 bits per heavy atom. The monoisotopic (exact) mass is 436 g/mol. The fourth-order valence-electron chi connectivity index (χ4n) is 2.29. The third kappa shape index (κ3) is 4.75. The first kappa shape index (κ1) is 20.0. The molecule has 0 amide bonds. The number of carboxylic acid groups (broad SMARTS) is 1. The van der Waals surface area contributed by atoms with Gasteiger partial charge in [-0.05, 0) is 36.6 Å². The molecule has 0 saturated carbocycles. The largest absolute Gasteiger partial charge is 0.481 e. The third-order valence-corrected chi connectivity index (χ3v) is 5.69. The first-order valence-electron chi connectivity index (χ1n) is 7.98. The highest BCUT2D eigenvalue weighted by atomic mass is 35.5. The van der Waals surface area contributed by atoms with Crippen LogP contribution in [0.3, 0.4) is 0 Å². The molecule has 0 saturated heterocycles. The maximum atomic E-state index is 12.9. The molecule has 1 aromatic carbocycles. The van der Waals surface area contributed by atoms with Crippen LogP contribution in [-0.2, 0) is 14.8 Å². The van der Waals surface area contributed by atoms with Crippen molar-refractivity contribution in [1.29, 1.82) is 0 Å². The molecular formula is C17H13ClN4O4S2. The Bertz CT molecular complexity index is 1200. The molecule has 11 heteroatoms. The summed E-state index contributed by atoms with van der Waals surface area (Å²) in [6.45, 7) is 0. The van der Waals surface area contributed by atoms with Crippen LogP contribution in [0.4, 0.5) is 5.69 Å². The van der Waals surface area contributed by atoms with Crippen LogP contribution >= 0.6 is 23.3 Å². The predicted molar refractivity (Wildman–Crippen MR) is 106 cm³/mol. The van der Waals surface area contributed by atoms with Gasteiger partial charge in [-0.3, -0.25) is 9.52 Å². The van der Waals surface area contributed by atoms with Crippen molar-refractivity contribution in [3.8, 4) is 11.8 Å². The lowest BCUT2D eigenvalue weighted by atomic mass is 10.2. The Morgan fingerprint density at radius 1 is 1.25 bits per heavy atom. The predicted octanol–water partition coefficient (Wildman–Crippen LogP) is 3.15. The summed E-state index contributed by atoms with van der Waals surface area (Å²) in [5.41, 5.74) is 1.08. The van der Waals surface area contributed by atoms with E-state index in [9.17, 15) is 13.2 Å². The number of rotatable bonds is 6. The average Bonchev–Trinajstić information content (AvgIpc) is 3.11. The molecule has 0 aliphatic carbocycles. The number of aromatic nitrogens is 3. The number of anilines is 1. The molecule has 2 N–H and O–H groups in total.